The fourth-order valence-electron chi connectivity index (χ4n) is 7.90. The summed E-state index contributed by atoms with van der Waals surface area (Å²) in [5.41, 5.74) is -2.52. The Balaban J connectivity index is 1.53. The molecule has 4 heterocycles. The molecule has 9 nitrogen and oxygen atoms in total. The molecule has 8 rings (SSSR count). The largest absolute Gasteiger partial charge is 0.465 e. The van der Waals surface area contributed by atoms with Crippen molar-refractivity contribution in [3.63, 3.8) is 0 Å². The summed E-state index contributed by atoms with van der Waals surface area (Å²) in [6.45, 7) is 3.95. The van der Waals surface area contributed by atoms with Crippen LogP contribution in [0.15, 0.2) is 69.9 Å². The molecule has 4 aliphatic rings. The summed E-state index contributed by atoms with van der Waals surface area (Å²) in [5, 5.41) is 1.93. The molecule has 3 saturated heterocycles. The van der Waals surface area contributed by atoms with Gasteiger partial charge in [-0.1, -0.05) is 48.5 Å². The van der Waals surface area contributed by atoms with Crippen LogP contribution in [0.25, 0.3) is 21.7 Å². The van der Waals surface area contributed by atoms with Crippen LogP contribution in [0.1, 0.15) is 45.9 Å². The van der Waals surface area contributed by atoms with Crippen molar-refractivity contribution in [3.8, 4) is 0 Å². The summed E-state index contributed by atoms with van der Waals surface area (Å²) in [6.07, 6.45) is -1.48. The summed E-state index contributed by atoms with van der Waals surface area (Å²) in [7, 11) is 3.07. The highest BCUT2D eigenvalue weighted by molar-refractivity contribution is 6.21. The monoisotopic (exact) mass is 553 g/mol. The number of para-hydroxylation sites is 1. The predicted molar refractivity (Wildman–Crippen MR) is 146 cm³/mol. The lowest BCUT2D eigenvalue weighted by atomic mass is 9.68. The summed E-state index contributed by atoms with van der Waals surface area (Å²) < 4.78 is 31.3. The van der Waals surface area contributed by atoms with E-state index in [1.165, 1.54) is 7.11 Å². The molecule has 5 atom stereocenters. The van der Waals surface area contributed by atoms with E-state index < -0.39 is 46.6 Å². The van der Waals surface area contributed by atoms with E-state index >= 15 is 0 Å². The Bertz CT molecular complexity index is 1890. The van der Waals surface area contributed by atoms with E-state index in [4.69, 9.17) is 23.4 Å². The molecule has 3 fully saturated rings. The van der Waals surface area contributed by atoms with Crippen molar-refractivity contribution in [1.29, 1.82) is 0 Å². The van der Waals surface area contributed by atoms with Crippen LogP contribution >= 0.6 is 0 Å². The summed E-state index contributed by atoms with van der Waals surface area (Å²) in [6, 6.07) is 18.1. The van der Waals surface area contributed by atoms with E-state index in [1.54, 1.807) is 44.2 Å². The van der Waals surface area contributed by atoms with Gasteiger partial charge in [0.1, 0.15) is 22.8 Å². The number of carbonyl (C=O) groups excluding carboxylic acids is 2. The first-order valence-electron chi connectivity index (χ1n) is 13.6. The minimum atomic E-state index is -1.68. The number of ketones is 1. The molecule has 0 N–H and O–H groups in total. The lowest BCUT2D eigenvalue weighted by Crippen LogP contribution is -2.58. The molecular formula is C32H27NO8. The number of hydrogen-bond donors (Lipinski definition) is 0. The molecule has 0 radical (unpaired) electrons. The zero-order chi connectivity index (χ0) is 28.5. The fraction of sp³-hybridized carbons (Fsp3) is 0.344. The number of carbonyl (C=O) groups is 2. The maximum absolute atomic E-state index is 14.9. The van der Waals surface area contributed by atoms with E-state index in [-0.39, 0.29) is 28.1 Å². The minimum Gasteiger partial charge on any atom is -0.465 e. The number of ether oxygens (including phenoxy) is 4. The molecule has 1 spiro atoms. The standard InChI is InChI=1S/C32H27NO8/c1-30(2)39-25-20-15-33(3)31(19-13-8-10-16-9-7-12-18(22(16)19)26(31)35)32(20,41-29(25)40-30)27-23(28(36)37-4)24(34)17-11-5-6-14-21(17)38-27/h5-14,20,25,29H,15H2,1-4H3/t20?,25-,29+,31+,32-/m1/s1. The molecule has 0 saturated carbocycles. The van der Waals surface area contributed by atoms with E-state index in [0.29, 0.717) is 17.7 Å². The van der Waals surface area contributed by atoms with Crippen molar-refractivity contribution in [2.75, 3.05) is 20.7 Å². The molecule has 4 aromatic rings. The highest BCUT2D eigenvalue weighted by Crippen LogP contribution is 2.67. The highest BCUT2D eigenvalue weighted by Gasteiger charge is 2.80. The Labute approximate surface area is 234 Å². The molecule has 1 aromatic heterocycles. The fourth-order valence-corrected chi connectivity index (χ4v) is 7.90. The van der Waals surface area contributed by atoms with Crippen LogP contribution in [0, 0.1) is 5.92 Å². The lowest BCUT2D eigenvalue weighted by Gasteiger charge is -2.45. The van der Waals surface area contributed by atoms with Crippen molar-refractivity contribution >= 4 is 33.5 Å². The minimum absolute atomic E-state index is 0.0556. The molecule has 3 aromatic carbocycles. The van der Waals surface area contributed by atoms with Crippen LogP contribution in [0.4, 0.5) is 0 Å². The quantitative estimate of drug-likeness (QED) is 0.340. The van der Waals surface area contributed by atoms with Gasteiger partial charge in [-0.3, -0.25) is 14.5 Å². The van der Waals surface area contributed by atoms with Crippen LogP contribution in [-0.4, -0.2) is 55.5 Å². The Morgan fingerprint density at radius 1 is 0.976 bits per heavy atom. The normalized spacial score (nSPS) is 31.3. The maximum Gasteiger partial charge on any atom is 0.345 e. The molecule has 0 amide bonds. The van der Waals surface area contributed by atoms with Gasteiger partial charge < -0.3 is 23.4 Å². The van der Waals surface area contributed by atoms with Gasteiger partial charge >= 0.3 is 5.97 Å². The highest BCUT2D eigenvalue weighted by atomic mass is 16.8. The van der Waals surface area contributed by atoms with Gasteiger partial charge in [0.2, 0.25) is 5.43 Å². The number of benzene rings is 3. The Morgan fingerprint density at radius 2 is 1.73 bits per heavy atom. The van der Waals surface area contributed by atoms with Crippen LogP contribution < -0.4 is 5.43 Å². The number of likely N-dealkylation sites (tertiary alicyclic amines) is 1. The van der Waals surface area contributed by atoms with E-state index in [2.05, 4.69) is 0 Å². The third-order valence-electron chi connectivity index (χ3n) is 9.28. The number of Topliss-reactive ketones (excluding diaryl/α,β-unsaturated/α-hetero) is 1. The molecule has 1 unspecified atom stereocenters. The van der Waals surface area contributed by atoms with Gasteiger partial charge in [-0.2, -0.15) is 0 Å². The second-order valence-electron chi connectivity index (χ2n) is 11.7. The lowest BCUT2D eigenvalue weighted by molar-refractivity contribution is -0.247. The molecule has 41 heavy (non-hydrogen) atoms. The number of hydrogen-bond acceptors (Lipinski definition) is 9. The van der Waals surface area contributed by atoms with Gasteiger partial charge in [0.15, 0.2) is 29.2 Å². The number of nitrogens with zero attached hydrogens (tertiary/aromatic N) is 1. The van der Waals surface area contributed by atoms with Gasteiger partial charge in [-0.25, -0.2) is 4.79 Å². The number of likely N-dealkylation sites (N-methyl/N-ethyl adjacent to an activating group) is 1. The second-order valence-corrected chi connectivity index (χ2v) is 11.7. The molecular weight excluding hydrogens is 526 g/mol. The first kappa shape index (κ1) is 24.9. The average Bonchev–Trinajstić information content (AvgIpc) is 3.59. The van der Waals surface area contributed by atoms with Crippen molar-refractivity contribution in [1.82, 2.24) is 4.90 Å². The summed E-state index contributed by atoms with van der Waals surface area (Å²) in [5.74, 6) is -2.63. The molecule has 1 aliphatic carbocycles. The van der Waals surface area contributed by atoms with Crippen molar-refractivity contribution in [3.05, 3.63) is 93.3 Å². The molecule has 0 bridgehead atoms. The SMILES string of the molecule is COC(=O)c1c([C@]23O[C@@H]4OC(C)(C)O[C@@H]4C2CN(C)[C@@]32C(=O)c3cccc4cccc2c34)oc2ccccc2c1=O. The third-order valence-corrected chi connectivity index (χ3v) is 9.28. The van der Waals surface area contributed by atoms with Crippen LogP contribution in [-0.2, 0) is 30.1 Å². The van der Waals surface area contributed by atoms with Crippen LogP contribution in [0.5, 0.6) is 0 Å². The number of methoxy groups -OCH3 is 1. The first-order valence-corrected chi connectivity index (χ1v) is 13.6. The zero-order valence-electron chi connectivity index (χ0n) is 22.9. The van der Waals surface area contributed by atoms with Crippen molar-refractivity contribution in [2.45, 2.75) is 43.2 Å². The van der Waals surface area contributed by atoms with Gasteiger partial charge in [-0.05, 0) is 49.4 Å². The zero-order valence-corrected chi connectivity index (χ0v) is 22.9. The smallest absolute Gasteiger partial charge is 0.345 e. The van der Waals surface area contributed by atoms with E-state index in [0.717, 1.165) is 10.8 Å². The van der Waals surface area contributed by atoms with Gasteiger partial charge in [0.25, 0.3) is 0 Å². The van der Waals surface area contributed by atoms with E-state index in [1.807, 2.05) is 42.3 Å². The molecule has 3 aliphatic heterocycles. The predicted octanol–water partition coefficient (Wildman–Crippen LogP) is 4.09. The Kier molecular flexibility index (Phi) is 4.79. The van der Waals surface area contributed by atoms with Gasteiger partial charge in [0.05, 0.1) is 12.5 Å². The summed E-state index contributed by atoms with van der Waals surface area (Å²) in [4.78, 5) is 44.4. The number of fused-ring (bicyclic) bond motifs is 6. The van der Waals surface area contributed by atoms with Crippen molar-refractivity contribution in [2.24, 2.45) is 5.92 Å². The number of esters is 1. The van der Waals surface area contributed by atoms with E-state index in [9.17, 15) is 14.4 Å². The third kappa shape index (κ3) is 2.77. The maximum atomic E-state index is 14.9. The Morgan fingerprint density at radius 3 is 2.51 bits per heavy atom. The number of rotatable bonds is 2. The first-order chi connectivity index (χ1) is 19.7. The molecule has 208 valence electrons. The molecule has 9 heteroatoms. The topological polar surface area (TPSA) is 105 Å². The van der Waals surface area contributed by atoms with Gasteiger partial charge in [0, 0.05) is 18.0 Å². The second kappa shape index (κ2) is 7.89. The Hall–Kier alpha value is -3.89. The van der Waals surface area contributed by atoms with Gasteiger partial charge in [-0.15, -0.1) is 0 Å². The average molecular weight is 554 g/mol. The summed E-state index contributed by atoms with van der Waals surface area (Å²) >= 11 is 0. The van der Waals surface area contributed by atoms with Crippen LogP contribution in [0.3, 0.4) is 0 Å². The van der Waals surface area contributed by atoms with Crippen molar-refractivity contribution < 1.29 is 33.0 Å². The van der Waals surface area contributed by atoms with Crippen LogP contribution in [0.2, 0.25) is 0 Å².